The van der Waals surface area contributed by atoms with Gasteiger partial charge in [-0.3, -0.25) is 9.59 Å². The van der Waals surface area contributed by atoms with Crippen LogP contribution in [-0.2, 0) is 17.5 Å². The maximum Gasteiger partial charge on any atom is 0.416 e. The maximum atomic E-state index is 12.9. The largest absolute Gasteiger partial charge is 0.416 e. The minimum Gasteiger partial charge on any atom is -0.342 e. The van der Waals surface area contributed by atoms with Crippen LogP contribution in [0.25, 0.3) is 0 Å². The molecule has 1 atom stereocenters. The van der Waals surface area contributed by atoms with E-state index in [1.807, 2.05) is 26.0 Å². The molecular weight excluding hydrogens is 467 g/mol. The first-order valence-corrected chi connectivity index (χ1v) is 11.5. The van der Waals surface area contributed by atoms with E-state index in [0.29, 0.717) is 23.1 Å². The van der Waals surface area contributed by atoms with Gasteiger partial charge in [0.15, 0.2) is 11.0 Å². The molecule has 0 spiro atoms. The van der Waals surface area contributed by atoms with Gasteiger partial charge in [-0.15, -0.1) is 10.2 Å². The Morgan fingerprint density at radius 1 is 1.12 bits per heavy atom. The van der Waals surface area contributed by atoms with Crippen molar-refractivity contribution in [1.82, 2.24) is 20.1 Å². The van der Waals surface area contributed by atoms with Crippen LogP contribution in [0.3, 0.4) is 0 Å². The highest BCUT2D eigenvalue weighted by molar-refractivity contribution is 7.99. The molecule has 3 rings (SSSR count). The second-order valence-electron chi connectivity index (χ2n) is 7.56. The smallest absolute Gasteiger partial charge is 0.342 e. The molecule has 34 heavy (non-hydrogen) atoms. The van der Waals surface area contributed by atoms with Crippen molar-refractivity contribution in [3.05, 3.63) is 71.0 Å². The molecule has 7 nitrogen and oxygen atoms in total. The lowest BCUT2D eigenvalue weighted by Crippen LogP contribution is -2.28. The number of nitrogens with zero attached hydrogens (tertiary/aromatic N) is 3. The van der Waals surface area contributed by atoms with Gasteiger partial charge < -0.3 is 15.2 Å². The average Bonchev–Trinajstić information content (AvgIpc) is 3.21. The first-order valence-electron chi connectivity index (χ1n) is 10.5. The van der Waals surface area contributed by atoms with E-state index in [0.717, 1.165) is 29.5 Å². The van der Waals surface area contributed by atoms with Gasteiger partial charge in [0.1, 0.15) is 0 Å². The average molecular weight is 492 g/mol. The van der Waals surface area contributed by atoms with E-state index in [-0.39, 0.29) is 17.3 Å². The van der Waals surface area contributed by atoms with Crippen molar-refractivity contribution in [2.24, 2.45) is 0 Å². The molecule has 0 saturated heterocycles. The first kappa shape index (κ1) is 25.3. The number of aromatic nitrogens is 3. The molecule has 0 saturated carbocycles. The SMILES string of the molecule is CCn1c(SCC(=O)Nc2cccc(C(F)(F)F)c2)nnc1[C@@H](C)NC(=O)c1ccc(C)cc1. The Kier molecular flexibility index (Phi) is 7.98. The lowest BCUT2D eigenvalue weighted by atomic mass is 10.1. The minimum atomic E-state index is -4.49. The summed E-state index contributed by atoms with van der Waals surface area (Å²) in [5, 5.41) is 14.1. The van der Waals surface area contributed by atoms with Gasteiger partial charge in [0.25, 0.3) is 5.91 Å². The Morgan fingerprint density at radius 2 is 1.82 bits per heavy atom. The third-order valence-electron chi connectivity index (χ3n) is 4.92. The molecule has 3 aromatic rings. The van der Waals surface area contributed by atoms with Crippen LogP contribution in [0.4, 0.5) is 18.9 Å². The van der Waals surface area contributed by atoms with E-state index in [2.05, 4.69) is 20.8 Å². The summed E-state index contributed by atoms with van der Waals surface area (Å²) >= 11 is 1.11. The van der Waals surface area contributed by atoms with Gasteiger partial charge in [-0.1, -0.05) is 35.5 Å². The summed E-state index contributed by atoms with van der Waals surface area (Å²) < 4.78 is 40.3. The third kappa shape index (κ3) is 6.37. The Balaban J connectivity index is 1.62. The minimum absolute atomic E-state index is 0.0607. The number of hydrogen-bond donors (Lipinski definition) is 2. The number of aryl methyl sites for hydroxylation is 1. The fourth-order valence-corrected chi connectivity index (χ4v) is 3.98. The standard InChI is InChI=1S/C23H24F3N5O2S/c1-4-31-20(15(3)27-21(33)16-10-8-14(2)9-11-16)29-30-22(31)34-13-19(32)28-18-7-5-6-17(12-18)23(24,25)26/h5-12,15H,4,13H2,1-3H3,(H,27,33)(H,28,32)/t15-/m1/s1. The highest BCUT2D eigenvalue weighted by Crippen LogP contribution is 2.30. The van der Waals surface area contributed by atoms with Crippen molar-refractivity contribution >= 4 is 29.3 Å². The molecule has 1 aromatic heterocycles. The van der Waals surface area contributed by atoms with Gasteiger partial charge in [-0.25, -0.2) is 0 Å². The van der Waals surface area contributed by atoms with Crippen molar-refractivity contribution in [3.63, 3.8) is 0 Å². The van der Waals surface area contributed by atoms with Crippen LogP contribution < -0.4 is 10.6 Å². The van der Waals surface area contributed by atoms with E-state index in [1.165, 1.54) is 12.1 Å². The van der Waals surface area contributed by atoms with Gasteiger partial charge in [0.2, 0.25) is 5.91 Å². The molecule has 0 aliphatic heterocycles. The molecule has 0 fully saturated rings. The van der Waals surface area contributed by atoms with Crippen LogP contribution in [0.15, 0.2) is 53.7 Å². The Hall–Kier alpha value is -3.34. The quantitative estimate of drug-likeness (QED) is 0.440. The number of nitrogens with one attached hydrogen (secondary N) is 2. The third-order valence-corrected chi connectivity index (χ3v) is 5.88. The summed E-state index contributed by atoms with van der Waals surface area (Å²) in [5.74, 6) is -0.257. The van der Waals surface area contributed by atoms with Crippen LogP contribution in [0.1, 0.15) is 47.2 Å². The van der Waals surface area contributed by atoms with E-state index < -0.39 is 23.7 Å². The number of thioether (sulfide) groups is 1. The van der Waals surface area contributed by atoms with E-state index in [9.17, 15) is 22.8 Å². The number of hydrogen-bond acceptors (Lipinski definition) is 5. The summed E-state index contributed by atoms with van der Waals surface area (Å²) in [4.78, 5) is 24.8. The monoisotopic (exact) mass is 491 g/mol. The zero-order chi connectivity index (χ0) is 24.9. The zero-order valence-corrected chi connectivity index (χ0v) is 19.6. The molecule has 0 bridgehead atoms. The van der Waals surface area contributed by atoms with Gasteiger partial charge in [0, 0.05) is 17.8 Å². The van der Waals surface area contributed by atoms with Crippen molar-refractivity contribution in [1.29, 1.82) is 0 Å². The summed E-state index contributed by atoms with van der Waals surface area (Å²) in [6.07, 6.45) is -4.49. The van der Waals surface area contributed by atoms with Gasteiger partial charge >= 0.3 is 6.18 Å². The molecule has 0 radical (unpaired) electrons. The number of halogens is 3. The van der Waals surface area contributed by atoms with Crippen LogP contribution >= 0.6 is 11.8 Å². The van der Waals surface area contributed by atoms with Gasteiger partial charge in [-0.2, -0.15) is 13.2 Å². The lowest BCUT2D eigenvalue weighted by molar-refractivity contribution is -0.137. The van der Waals surface area contributed by atoms with E-state index in [4.69, 9.17) is 0 Å². The second-order valence-corrected chi connectivity index (χ2v) is 8.50. The van der Waals surface area contributed by atoms with Crippen molar-refractivity contribution in [3.8, 4) is 0 Å². The topological polar surface area (TPSA) is 88.9 Å². The molecule has 11 heteroatoms. The molecular formula is C23H24F3N5O2S. The number of benzene rings is 2. The fraction of sp³-hybridized carbons (Fsp3) is 0.304. The molecule has 2 amide bonds. The first-order chi connectivity index (χ1) is 16.1. The Bertz CT molecular complexity index is 1160. The van der Waals surface area contributed by atoms with Crippen LogP contribution in [0.2, 0.25) is 0 Å². The van der Waals surface area contributed by atoms with Crippen LogP contribution in [0, 0.1) is 6.92 Å². The van der Waals surface area contributed by atoms with Crippen molar-refractivity contribution in [2.75, 3.05) is 11.1 Å². The van der Waals surface area contributed by atoms with Crippen molar-refractivity contribution < 1.29 is 22.8 Å². The number of carbonyl (C=O) groups is 2. The number of amides is 2. The van der Waals surface area contributed by atoms with Crippen LogP contribution in [0.5, 0.6) is 0 Å². The van der Waals surface area contributed by atoms with Gasteiger partial charge in [-0.05, 0) is 51.1 Å². The summed E-state index contributed by atoms with van der Waals surface area (Å²) in [6, 6.07) is 11.2. The highest BCUT2D eigenvalue weighted by Gasteiger charge is 2.30. The van der Waals surface area contributed by atoms with Crippen LogP contribution in [-0.4, -0.2) is 32.3 Å². The van der Waals surface area contributed by atoms with E-state index >= 15 is 0 Å². The zero-order valence-electron chi connectivity index (χ0n) is 18.8. The molecule has 0 aliphatic rings. The molecule has 0 unspecified atom stereocenters. The number of anilines is 1. The Morgan fingerprint density at radius 3 is 2.47 bits per heavy atom. The van der Waals surface area contributed by atoms with E-state index in [1.54, 1.807) is 23.6 Å². The highest BCUT2D eigenvalue weighted by atomic mass is 32.2. The molecule has 2 N–H and O–H groups in total. The second kappa shape index (κ2) is 10.7. The molecule has 0 aliphatic carbocycles. The summed E-state index contributed by atoms with van der Waals surface area (Å²) in [6.45, 7) is 6.11. The fourth-order valence-electron chi connectivity index (χ4n) is 3.17. The Labute approximate surface area is 199 Å². The van der Waals surface area contributed by atoms with Crippen molar-refractivity contribution in [2.45, 2.75) is 44.7 Å². The number of rotatable bonds is 8. The number of carbonyl (C=O) groups excluding carboxylic acids is 2. The maximum absolute atomic E-state index is 12.9. The lowest BCUT2D eigenvalue weighted by Gasteiger charge is -2.15. The molecule has 1 heterocycles. The predicted molar refractivity (Wildman–Crippen MR) is 124 cm³/mol. The molecule has 180 valence electrons. The summed E-state index contributed by atoms with van der Waals surface area (Å²) in [5.41, 5.74) is 0.801. The molecule has 2 aromatic carbocycles. The predicted octanol–water partition coefficient (Wildman–Crippen LogP) is 4.85. The summed E-state index contributed by atoms with van der Waals surface area (Å²) in [7, 11) is 0. The number of alkyl halides is 3. The normalized spacial score (nSPS) is 12.3. The van der Waals surface area contributed by atoms with Gasteiger partial charge in [0.05, 0.1) is 17.4 Å².